The molecule has 3 rings (SSSR count). The van der Waals surface area contributed by atoms with Crippen LogP contribution in [0.4, 0.5) is 4.39 Å². The van der Waals surface area contributed by atoms with Crippen molar-refractivity contribution in [2.75, 3.05) is 20.1 Å². The molecule has 0 saturated carbocycles. The first-order chi connectivity index (χ1) is 12.7. The van der Waals surface area contributed by atoms with Gasteiger partial charge in [0.2, 0.25) is 0 Å². The standard InChI is InChI=1S/C20H22FN3OS/c1-22-20(23-10-9-14-5-4-7-16(21)11-14)24-13-17(25)19-12-15-6-2-3-8-18(15)26-19/h2-8,11-12,17,25H,9-10,13H2,1H3,(H2,22,23,24). The van der Waals surface area contributed by atoms with Crippen molar-refractivity contribution >= 4 is 27.4 Å². The molecule has 0 bridgehead atoms. The summed E-state index contributed by atoms with van der Waals surface area (Å²) >= 11 is 1.60. The number of nitrogens with one attached hydrogen (secondary N) is 2. The van der Waals surface area contributed by atoms with Crippen molar-refractivity contribution in [3.63, 3.8) is 0 Å². The van der Waals surface area contributed by atoms with Crippen LogP contribution >= 0.6 is 11.3 Å². The van der Waals surface area contributed by atoms with Gasteiger partial charge in [0.15, 0.2) is 5.96 Å². The maximum atomic E-state index is 13.2. The second-order valence-corrected chi connectivity index (χ2v) is 7.08. The van der Waals surface area contributed by atoms with E-state index in [0.717, 1.165) is 15.8 Å². The SMILES string of the molecule is CN=C(NCCc1cccc(F)c1)NCC(O)c1cc2ccccc2s1. The molecule has 1 atom stereocenters. The van der Waals surface area contributed by atoms with E-state index in [1.165, 1.54) is 16.8 Å². The molecule has 3 aromatic rings. The van der Waals surface area contributed by atoms with Crippen LogP contribution < -0.4 is 10.6 Å². The molecule has 0 fully saturated rings. The number of halogens is 1. The highest BCUT2D eigenvalue weighted by molar-refractivity contribution is 7.19. The summed E-state index contributed by atoms with van der Waals surface area (Å²) in [7, 11) is 1.68. The van der Waals surface area contributed by atoms with E-state index in [2.05, 4.69) is 21.7 Å². The molecule has 1 aromatic heterocycles. The van der Waals surface area contributed by atoms with E-state index in [0.29, 0.717) is 25.5 Å². The Morgan fingerprint density at radius 1 is 1.15 bits per heavy atom. The first kappa shape index (κ1) is 18.4. The van der Waals surface area contributed by atoms with Gasteiger partial charge >= 0.3 is 0 Å². The van der Waals surface area contributed by atoms with Crippen molar-refractivity contribution < 1.29 is 9.50 Å². The molecule has 1 unspecified atom stereocenters. The highest BCUT2D eigenvalue weighted by Crippen LogP contribution is 2.29. The van der Waals surface area contributed by atoms with Crippen LogP contribution in [0, 0.1) is 5.82 Å². The average molecular weight is 371 g/mol. The summed E-state index contributed by atoms with van der Waals surface area (Å²) in [6, 6.07) is 16.7. The number of rotatable bonds is 6. The van der Waals surface area contributed by atoms with E-state index in [4.69, 9.17) is 0 Å². The predicted molar refractivity (Wildman–Crippen MR) is 106 cm³/mol. The highest BCUT2D eigenvalue weighted by atomic mass is 32.1. The number of hydrogen-bond acceptors (Lipinski definition) is 3. The van der Waals surface area contributed by atoms with Crippen LogP contribution in [-0.2, 0) is 6.42 Å². The zero-order chi connectivity index (χ0) is 18.4. The second-order valence-electron chi connectivity index (χ2n) is 5.96. The number of fused-ring (bicyclic) bond motifs is 1. The molecule has 4 nitrogen and oxygen atoms in total. The fourth-order valence-electron chi connectivity index (χ4n) is 2.70. The summed E-state index contributed by atoms with van der Waals surface area (Å²) in [4.78, 5) is 5.08. The van der Waals surface area contributed by atoms with Gasteiger partial charge in [0.25, 0.3) is 0 Å². The highest BCUT2D eigenvalue weighted by Gasteiger charge is 2.12. The maximum absolute atomic E-state index is 13.2. The fourth-order valence-corrected chi connectivity index (χ4v) is 3.75. The van der Waals surface area contributed by atoms with E-state index in [1.54, 1.807) is 24.5 Å². The van der Waals surface area contributed by atoms with Crippen LogP contribution in [0.1, 0.15) is 16.5 Å². The van der Waals surface area contributed by atoms with Gasteiger partial charge in [-0.05, 0) is 41.6 Å². The molecular weight excluding hydrogens is 349 g/mol. The average Bonchev–Trinajstić information content (AvgIpc) is 3.08. The van der Waals surface area contributed by atoms with Crippen molar-refractivity contribution in [2.24, 2.45) is 4.99 Å². The van der Waals surface area contributed by atoms with Crippen LogP contribution in [0.3, 0.4) is 0 Å². The molecule has 1 heterocycles. The number of aliphatic hydroxyl groups excluding tert-OH is 1. The van der Waals surface area contributed by atoms with Crippen LogP contribution in [0.5, 0.6) is 0 Å². The number of guanidine groups is 1. The first-order valence-corrected chi connectivity index (χ1v) is 9.33. The van der Waals surface area contributed by atoms with Crippen molar-refractivity contribution in [2.45, 2.75) is 12.5 Å². The van der Waals surface area contributed by atoms with Gasteiger partial charge in [-0.15, -0.1) is 11.3 Å². The van der Waals surface area contributed by atoms with Crippen LogP contribution in [-0.4, -0.2) is 31.2 Å². The normalized spacial score (nSPS) is 13.0. The zero-order valence-corrected chi connectivity index (χ0v) is 15.4. The molecular formula is C20H22FN3OS. The van der Waals surface area contributed by atoms with Crippen LogP contribution in [0.25, 0.3) is 10.1 Å². The van der Waals surface area contributed by atoms with Gasteiger partial charge < -0.3 is 15.7 Å². The number of nitrogens with zero attached hydrogens (tertiary/aromatic N) is 1. The van der Waals surface area contributed by atoms with Crippen molar-refractivity contribution in [3.8, 4) is 0 Å². The number of aliphatic hydroxyl groups is 1. The summed E-state index contributed by atoms with van der Waals surface area (Å²) in [6.07, 6.45) is 0.0892. The Hall–Kier alpha value is -2.44. The topological polar surface area (TPSA) is 56.7 Å². The molecule has 2 aromatic carbocycles. The van der Waals surface area contributed by atoms with Gasteiger partial charge in [-0.3, -0.25) is 4.99 Å². The minimum Gasteiger partial charge on any atom is -0.386 e. The summed E-state index contributed by atoms with van der Waals surface area (Å²) in [5.41, 5.74) is 0.929. The smallest absolute Gasteiger partial charge is 0.191 e. The lowest BCUT2D eigenvalue weighted by atomic mass is 10.1. The van der Waals surface area contributed by atoms with Gasteiger partial charge in [-0.1, -0.05) is 30.3 Å². The van der Waals surface area contributed by atoms with Gasteiger partial charge in [0.05, 0.1) is 0 Å². The molecule has 0 radical (unpaired) electrons. The zero-order valence-electron chi connectivity index (χ0n) is 14.6. The molecule has 3 N–H and O–H groups in total. The third-order valence-corrected chi connectivity index (χ3v) is 5.27. The van der Waals surface area contributed by atoms with Gasteiger partial charge in [-0.25, -0.2) is 4.39 Å². The predicted octanol–water partition coefficient (Wildman–Crippen LogP) is 3.48. The number of thiophene rings is 1. The molecule has 0 saturated heterocycles. The maximum Gasteiger partial charge on any atom is 0.191 e. The van der Waals surface area contributed by atoms with E-state index < -0.39 is 6.10 Å². The first-order valence-electron chi connectivity index (χ1n) is 8.51. The Morgan fingerprint density at radius 2 is 2.00 bits per heavy atom. The van der Waals surface area contributed by atoms with Crippen LogP contribution in [0.2, 0.25) is 0 Å². The summed E-state index contributed by atoms with van der Waals surface area (Å²) in [6.45, 7) is 0.995. The van der Waals surface area contributed by atoms with Crippen molar-refractivity contribution in [3.05, 3.63) is 70.9 Å². The Balaban J connectivity index is 1.48. The molecule has 6 heteroatoms. The number of benzene rings is 2. The third-order valence-electron chi connectivity index (χ3n) is 4.05. The molecule has 0 spiro atoms. The van der Waals surface area contributed by atoms with Crippen LogP contribution in [0.15, 0.2) is 59.6 Å². The minimum absolute atomic E-state index is 0.225. The molecule has 26 heavy (non-hydrogen) atoms. The lowest BCUT2D eigenvalue weighted by Gasteiger charge is -2.14. The Kier molecular flexibility index (Phi) is 6.20. The van der Waals surface area contributed by atoms with Gasteiger partial charge in [-0.2, -0.15) is 0 Å². The summed E-state index contributed by atoms with van der Waals surface area (Å²) < 4.78 is 14.3. The van der Waals surface area contributed by atoms with E-state index in [-0.39, 0.29) is 5.82 Å². The van der Waals surface area contributed by atoms with Gasteiger partial charge in [0.1, 0.15) is 11.9 Å². The lowest BCUT2D eigenvalue weighted by molar-refractivity contribution is 0.184. The number of hydrogen-bond donors (Lipinski definition) is 3. The number of aliphatic imine (C=N–C) groups is 1. The van der Waals surface area contributed by atoms with Crippen molar-refractivity contribution in [1.29, 1.82) is 0 Å². The Morgan fingerprint density at radius 3 is 2.77 bits per heavy atom. The molecule has 0 aliphatic rings. The Labute approximate surface area is 156 Å². The second kappa shape index (κ2) is 8.78. The monoisotopic (exact) mass is 371 g/mol. The van der Waals surface area contributed by atoms with E-state index in [9.17, 15) is 9.50 Å². The van der Waals surface area contributed by atoms with E-state index in [1.807, 2.05) is 30.3 Å². The fraction of sp³-hybridized carbons (Fsp3) is 0.250. The molecule has 0 amide bonds. The minimum atomic E-state index is -0.603. The summed E-state index contributed by atoms with van der Waals surface area (Å²) in [5, 5.41) is 17.9. The van der Waals surface area contributed by atoms with Gasteiger partial charge in [0, 0.05) is 29.7 Å². The van der Waals surface area contributed by atoms with Crippen molar-refractivity contribution in [1.82, 2.24) is 10.6 Å². The van der Waals surface area contributed by atoms with E-state index >= 15 is 0 Å². The lowest BCUT2D eigenvalue weighted by Crippen LogP contribution is -2.40. The molecule has 0 aliphatic carbocycles. The third kappa shape index (κ3) is 4.80. The Bertz CT molecular complexity index is 860. The largest absolute Gasteiger partial charge is 0.386 e. The molecule has 0 aliphatic heterocycles. The molecule has 136 valence electrons. The summed E-state index contributed by atoms with van der Waals surface area (Å²) in [5.74, 6) is 0.387. The quantitative estimate of drug-likeness (QED) is 0.459.